The van der Waals surface area contributed by atoms with Crippen LogP contribution in [0.1, 0.15) is 27.7 Å². The van der Waals surface area contributed by atoms with Crippen molar-refractivity contribution in [1.29, 1.82) is 0 Å². The minimum Gasteiger partial charge on any atom is -0.431 e. The van der Waals surface area contributed by atoms with Crippen LogP contribution in [0.3, 0.4) is 0 Å². The van der Waals surface area contributed by atoms with Gasteiger partial charge in [-0.05, 0) is 39.5 Å². The van der Waals surface area contributed by atoms with Crippen LogP contribution < -0.4 is 0 Å². The Hall–Kier alpha value is -2.22. The van der Waals surface area contributed by atoms with Crippen LogP contribution in [0.2, 0.25) is 0 Å². The van der Waals surface area contributed by atoms with Crippen LogP contribution in [-0.2, 0) is 14.2 Å². The monoisotopic (exact) mass is 300 g/mol. The molecule has 0 spiro atoms. The lowest BCUT2D eigenvalue weighted by Gasteiger charge is -2.08. The molecule has 0 radical (unpaired) electrons. The third-order valence-corrected chi connectivity index (χ3v) is 1.23. The standard InChI is InChI=1S/C8H14O5.C6H6O2/c1-5(2)11-7(9)13-8(10)12-6(3)4;7-5-3-1-2-4-6-8/h5-6H,1-4H3;7-8H,5-6H2. The highest BCUT2D eigenvalue weighted by Crippen LogP contribution is 1.97. The number of hydrogen-bond acceptors (Lipinski definition) is 7. The molecule has 0 aromatic rings. The van der Waals surface area contributed by atoms with Crippen molar-refractivity contribution < 1.29 is 34.0 Å². The van der Waals surface area contributed by atoms with E-state index in [1.54, 1.807) is 27.7 Å². The second-order valence-electron chi connectivity index (χ2n) is 3.86. The van der Waals surface area contributed by atoms with Gasteiger partial charge in [-0.1, -0.05) is 11.8 Å². The average Bonchev–Trinajstić information content (AvgIpc) is 2.33. The Bertz CT molecular complexity index is 378. The number of aliphatic hydroxyl groups is 2. The Labute approximate surface area is 124 Å². The Kier molecular flexibility index (Phi) is 14.3. The first-order valence-electron chi connectivity index (χ1n) is 6.10. The van der Waals surface area contributed by atoms with E-state index in [4.69, 9.17) is 10.2 Å². The molecule has 0 atom stereocenters. The molecule has 0 bridgehead atoms. The van der Waals surface area contributed by atoms with Gasteiger partial charge in [-0.25, -0.2) is 9.59 Å². The number of hydrogen-bond donors (Lipinski definition) is 2. The van der Waals surface area contributed by atoms with Gasteiger partial charge in [0.2, 0.25) is 0 Å². The lowest BCUT2D eigenvalue weighted by molar-refractivity contribution is 0.0138. The summed E-state index contributed by atoms with van der Waals surface area (Å²) in [6.07, 6.45) is -2.72. The molecule has 118 valence electrons. The van der Waals surface area contributed by atoms with E-state index in [0.717, 1.165) is 0 Å². The van der Waals surface area contributed by atoms with Crippen molar-refractivity contribution in [1.82, 2.24) is 0 Å². The molecule has 21 heavy (non-hydrogen) atoms. The molecule has 0 amide bonds. The van der Waals surface area contributed by atoms with E-state index in [1.165, 1.54) is 0 Å². The van der Waals surface area contributed by atoms with Crippen molar-refractivity contribution in [3.63, 3.8) is 0 Å². The quantitative estimate of drug-likeness (QED) is 0.447. The molecule has 2 N–H and O–H groups in total. The average molecular weight is 300 g/mol. The molecule has 0 aliphatic heterocycles. The number of carbonyl (C=O) groups is 2. The SMILES string of the molecule is CC(C)OC(=O)OC(=O)OC(C)C.OCC#CC#CCO. The lowest BCUT2D eigenvalue weighted by Crippen LogP contribution is -2.20. The minimum absolute atomic E-state index is 0.180. The Balaban J connectivity index is 0. The number of carbonyl (C=O) groups excluding carboxylic acids is 2. The fourth-order valence-electron chi connectivity index (χ4n) is 0.668. The number of ether oxygens (including phenoxy) is 3. The van der Waals surface area contributed by atoms with Crippen molar-refractivity contribution in [2.75, 3.05) is 13.2 Å². The molecule has 0 aliphatic carbocycles. The molecule has 0 fully saturated rings. The van der Waals surface area contributed by atoms with Gasteiger partial charge < -0.3 is 24.4 Å². The van der Waals surface area contributed by atoms with Gasteiger partial charge in [-0.2, -0.15) is 0 Å². The molecule has 0 saturated heterocycles. The Morgan fingerprint density at radius 3 is 1.43 bits per heavy atom. The fraction of sp³-hybridized carbons (Fsp3) is 0.571. The van der Waals surface area contributed by atoms with Gasteiger partial charge in [-0.15, -0.1) is 0 Å². The highest BCUT2D eigenvalue weighted by Gasteiger charge is 2.15. The maximum Gasteiger partial charge on any atom is 0.518 e. The predicted molar refractivity (Wildman–Crippen MR) is 74.0 cm³/mol. The highest BCUT2D eigenvalue weighted by atomic mass is 16.8. The van der Waals surface area contributed by atoms with Crippen LogP contribution in [0.4, 0.5) is 9.59 Å². The van der Waals surface area contributed by atoms with Gasteiger partial charge in [-0.3, -0.25) is 0 Å². The Morgan fingerprint density at radius 1 is 0.857 bits per heavy atom. The van der Waals surface area contributed by atoms with E-state index in [-0.39, 0.29) is 25.4 Å². The maximum atomic E-state index is 10.7. The first-order chi connectivity index (χ1) is 9.83. The van der Waals surface area contributed by atoms with E-state index in [9.17, 15) is 9.59 Å². The van der Waals surface area contributed by atoms with Gasteiger partial charge in [0.05, 0.1) is 12.2 Å². The molecule has 7 nitrogen and oxygen atoms in total. The van der Waals surface area contributed by atoms with E-state index in [2.05, 4.69) is 37.9 Å². The Morgan fingerprint density at radius 2 is 1.19 bits per heavy atom. The van der Waals surface area contributed by atoms with Crippen LogP contribution >= 0.6 is 0 Å². The van der Waals surface area contributed by atoms with Crippen molar-refractivity contribution in [3.8, 4) is 23.7 Å². The van der Waals surface area contributed by atoms with E-state index in [0.29, 0.717) is 0 Å². The molecular weight excluding hydrogens is 280 g/mol. The van der Waals surface area contributed by atoms with Crippen LogP contribution in [0.25, 0.3) is 0 Å². The van der Waals surface area contributed by atoms with Crippen molar-refractivity contribution in [2.45, 2.75) is 39.9 Å². The molecule has 7 heteroatoms. The van der Waals surface area contributed by atoms with Gasteiger partial charge in [0.25, 0.3) is 0 Å². The van der Waals surface area contributed by atoms with E-state index < -0.39 is 12.3 Å². The molecule has 0 saturated carbocycles. The third-order valence-electron chi connectivity index (χ3n) is 1.23. The summed E-state index contributed by atoms with van der Waals surface area (Å²) in [5.41, 5.74) is 0. The topological polar surface area (TPSA) is 102 Å². The zero-order valence-electron chi connectivity index (χ0n) is 12.5. The number of rotatable bonds is 2. The third kappa shape index (κ3) is 20.3. The minimum atomic E-state index is -1.04. The lowest BCUT2D eigenvalue weighted by atomic mass is 10.5. The number of aliphatic hydroxyl groups excluding tert-OH is 2. The molecular formula is C14H20O7. The summed E-state index contributed by atoms with van der Waals surface area (Å²) < 4.78 is 13.2. The summed E-state index contributed by atoms with van der Waals surface area (Å²) in [6, 6.07) is 0. The fourth-order valence-corrected chi connectivity index (χ4v) is 0.668. The highest BCUT2D eigenvalue weighted by molar-refractivity contribution is 5.77. The molecule has 0 aromatic carbocycles. The van der Waals surface area contributed by atoms with Gasteiger partial charge in [0.1, 0.15) is 13.2 Å². The van der Waals surface area contributed by atoms with E-state index in [1.807, 2.05) is 0 Å². The largest absolute Gasteiger partial charge is 0.518 e. The van der Waals surface area contributed by atoms with Crippen LogP contribution in [0, 0.1) is 23.7 Å². The zero-order chi connectivity index (χ0) is 16.7. The second kappa shape index (κ2) is 14.2. The smallest absolute Gasteiger partial charge is 0.431 e. The predicted octanol–water partition coefficient (Wildman–Crippen LogP) is 1.07. The zero-order valence-corrected chi connectivity index (χ0v) is 12.5. The van der Waals surface area contributed by atoms with Gasteiger partial charge >= 0.3 is 12.3 Å². The van der Waals surface area contributed by atoms with Gasteiger partial charge in [0.15, 0.2) is 0 Å². The van der Waals surface area contributed by atoms with E-state index >= 15 is 0 Å². The van der Waals surface area contributed by atoms with Crippen LogP contribution in [-0.4, -0.2) is 47.9 Å². The maximum absolute atomic E-state index is 10.7. The molecule has 0 aromatic heterocycles. The summed E-state index contributed by atoms with van der Waals surface area (Å²) in [5.74, 6) is 9.24. The molecule has 0 heterocycles. The second-order valence-corrected chi connectivity index (χ2v) is 3.86. The summed E-state index contributed by atoms with van der Waals surface area (Å²) in [6.45, 7) is 6.23. The summed E-state index contributed by atoms with van der Waals surface area (Å²) >= 11 is 0. The van der Waals surface area contributed by atoms with Crippen molar-refractivity contribution in [3.05, 3.63) is 0 Å². The molecule has 0 unspecified atom stereocenters. The first kappa shape index (κ1) is 21.1. The van der Waals surface area contributed by atoms with Crippen molar-refractivity contribution >= 4 is 12.3 Å². The molecule has 0 aliphatic rings. The first-order valence-corrected chi connectivity index (χ1v) is 6.10. The summed E-state index contributed by atoms with van der Waals surface area (Å²) in [4.78, 5) is 21.4. The van der Waals surface area contributed by atoms with Crippen molar-refractivity contribution in [2.24, 2.45) is 0 Å². The normalized spacial score (nSPS) is 8.38. The van der Waals surface area contributed by atoms with Crippen LogP contribution in [0.5, 0.6) is 0 Å². The van der Waals surface area contributed by atoms with Gasteiger partial charge in [0, 0.05) is 0 Å². The van der Waals surface area contributed by atoms with Crippen LogP contribution in [0.15, 0.2) is 0 Å². The summed E-state index contributed by atoms with van der Waals surface area (Å²) in [7, 11) is 0. The summed E-state index contributed by atoms with van der Waals surface area (Å²) in [5, 5.41) is 16.1. The molecule has 0 rings (SSSR count).